The molecule has 28 heavy (non-hydrogen) atoms. The first-order valence-electron chi connectivity index (χ1n) is 8.91. The second kappa shape index (κ2) is 7.55. The van der Waals surface area contributed by atoms with Gasteiger partial charge >= 0.3 is 10.2 Å². The smallest absolute Gasteiger partial charge is 0.326 e. The quantitative estimate of drug-likeness (QED) is 0.653. The molecule has 1 saturated heterocycles. The van der Waals surface area contributed by atoms with Gasteiger partial charge in [0, 0.05) is 17.6 Å². The van der Waals surface area contributed by atoms with E-state index >= 15 is 0 Å². The van der Waals surface area contributed by atoms with Gasteiger partial charge in [-0.2, -0.15) is 8.42 Å². The van der Waals surface area contributed by atoms with E-state index in [-0.39, 0.29) is 11.6 Å². The second-order valence-corrected chi connectivity index (χ2v) is 8.90. The molecule has 3 rings (SSSR count). The molecule has 3 N–H and O–H groups in total. The molecule has 9 nitrogen and oxygen atoms in total. The van der Waals surface area contributed by atoms with Gasteiger partial charge in [0.2, 0.25) is 0 Å². The monoisotopic (exact) mass is 414 g/mol. The van der Waals surface area contributed by atoms with Crippen molar-refractivity contribution in [1.29, 1.82) is 0 Å². The molecular weight excluding hydrogens is 391 g/mol. The summed E-state index contributed by atoms with van der Waals surface area (Å²) in [7, 11) is -0.245. The molecule has 1 aliphatic heterocycles. The van der Waals surface area contributed by atoms with E-state index in [1.165, 1.54) is 0 Å². The summed E-state index contributed by atoms with van der Waals surface area (Å²) in [5.41, 5.74) is -0.786. The zero-order valence-electron chi connectivity index (χ0n) is 15.6. The summed E-state index contributed by atoms with van der Waals surface area (Å²) in [6.45, 7) is -0.645. The molecule has 0 bridgehead atoms. The number of phenolic OH excluding ortho intramolecular Hbond substituents is 1. The average Bonchev–Trinajstić information content (AvgIpc) is 2.86. The number of nitrogens with zero attached hydrogens (tertiary/aromatic N) is 2. The highest BCUT2D eigenvalue weighted by Crippen LogP contribution is 2.34. The number of benzene rings is 1. The number of anilines is 1. The Balaban J connectivity index is 1.74. The van der Waals surface area contributed by atoms with Gasteiger partial charge in [-0.25, -0.2) is 13.4 Å². The molecule has 0 unspecified atom stereocenters. The van der Waals surface area contributed by atoms with Gasteiger partial charge in [0.25, 0.3) is 11.8 Å². The van der Waals surface area contributed by atoms with E-state index in [4.69, 9.17) is 0 Å². The molecule has 0 atom stereocenters. The van der Waals surface area contributed by atoms with Gasteiger partial charge in [-0.05, 0) is 51.9 Å². The fourth-order valence-corrected chi connectivity index (χ4v) is 4.78. The van der Waals surface area contributed by atoms with Crippen LogP contribution in [0, 0.1) is 5.82 Å². The van der Waals surface area contributed by atoms with Crippen LogP contribution in [0.3, 0.4) is 0 Å². The van der Waals surface area contributed by atoms with Crippen molar-refractivity contribution in [2.45, 2.75) is 37.8 Å². The number of hydrogen-bond acceptors (Lipinski definition) is 6. The van der Waals surface area contributed by atoms with Crippen LogP contribution in [0.2, 0.25) is 0 Å². The van der Waals surface area contributed by atoms with Crippen LogP contribution < -0.4 is 14.3 Å². The van der Waals surface area contributed by atoms with Gasteiger partial charge in [0.05, 0.1) is 0 Å². The Morgan fingerprint density at radius 2 is 1.93 bits per heavy atom. The molecule has 2 aliphatic rings. The van der Waals surface area contributed by atoms with Crippen LogP contribution in [-0.4, -0.2) is 63.0 Å². The SMILES string of the molecule is CN(C)[C@H]1CC[C@H](NC(=O)c2cc(O)c(N3CC(=O)NS3(=O)=O)c(F)c2)CC1. The highest BCUT2D eigenvalue weighted by molar-refractivity contribution is 7.92. The van der Waals surface area contributed by atoms with E-state index < -0.39 is 45.8 Å². The van der Waals surface area contributed by atoms with Crippen molar-refractivity contribution < 1.29 is 27.5 Å². The summed E-state index contributed by atoms with van der Waals surface area (Å²) >= 11 is 0. The molecule has 0 spiro atoms. The molecule has 1 heterocycles. The number of carbonyl (C=O) groups excluding carboxylic acids is 2. The Hall–Kier alpha value is -2.40. The molecule has 1 saturated carbocycles. The molecule has 11 heteroatoms. The van der Waals surface area contributed by atoms with E-state index in [0.717, 1.165) is 37.8 Å². The summed E-state index contributed by atoms with van der Waals surface area (Å²) in [5, 5.41) is 13.0. The van der Waals surface area contributed by atoms with E-state index in [1.54, 1.807) is 4.72 Å². The van der Waals surface area contributed by atoms with Gasteiger partial charge in [-0.3, -0.25) is 9.59 Å². The van der Waals surface area contributed by atoms with Crippen LogP contribution in [0.4, 0.5) is 10.1 Å². The molecular formula is C17H23FN4O5S. The first-order valence-corrected chi connectivity index (χ1v) is 10.4. The van der Waals surface area contributed by atoms with Crippen molar-refractivity contribution in [3.63, 3.8) is 0 Å². The largest absolute Gasteiger partial charge is 0.506 e. The Morgan fingerprint density at radius 1 is 1.29 bits per heavy atom. The van der Waals surface area contributed by atoms with Crippen molar-refractivity contribution in [2.24, 2.45) is 0 Å². The molecule has 1 aliphatic carbocycles. The van der Waals surface area contributed by atoms with Crippen molar-refractivity contribution in [3.8, 4) is 5.75 Å². The van der Waals surface area contributed by atoms with E-state index in [0.29, 0.717) is 10.3 Å². The standard InChI is InChI=1S/C17H23FN4O5S/c1-21(2)12-5-3-11(4-6-12)19-17(25)10-7-13(18)16(14(23)8-10)22-9-15(24)20-28(22,26)27/h7-8,11-12,23H,3-6,9H2,1-2H3,(H,19,25)(H,20,24)/t11-,12-. The highest BCUT2D eigenvalue weighted by atomic mass is 32.2. The van der Waals surface area contributed by atoms with Crippen LogP contribution >= 0.6 is 0 Å². The molecule has 1 aromatic rings. The van der Waals surface area contributed by atoms with Crippen LogP contribution in [0.15, 0.2) is 12.1 Å². The Labute approximate surface area is 162 Å². The second-order valence-electron chi connectivity index (χ2n) is 7.31. The topological polar surface area (TPSA) is 119 Å². The minimum absolute atomic E-state index is 0.0469. The highest BCUT2D eigenvalue weighted by Gasteiger charge is 2.37. The lowest BCUT2D eigenvalue weighted by Crippen LogP contribution is -2.41. The van der Waals surface area contributed by atoms with Gasteiger partial charge in [0.1, 0.15) is 18.0 Å². The van der Waals surface area contributed by atoms with Crippen molar-refractivity contribution >= 4 is 27.7 Å². The number of nitrogens with one attached hydrogen (secondary N) is 2. The molecule has 0 aromatic heterocycles. The van der Waals surface area contributed by atoms with Crippen molar-refractivity contribution in [3.05, 3.63) is 23.5 Å². The van der Waals surface area contributed by atoms with Crippen LogP contribution in [-0.2, 0) is 15.0 Å². The predicted molar refractivity (Wildman–Crippen MR) is 99.7 cm³/mol. The first kappa shape index (κ1) is 20.3. The number of amides is 2. The Bertz CT molecular complexity index is 874. The average molecular weight is 414 g/mol. The lowest BCUT2D eigenvalue weighted by atomic mass is 9.90. The van der Waals surface area contributed by atoms with E-state index in [9.17, 15) is 27.5 Å². The van der Waals surface area contributed by atoms with Crippen molar-refractivity contribution in [2.75, 3.05) is 24.9 Å². The normalized spacial score (nSPS) is 24.3. The first-order chi connectivity index (χ1) is 13.1. The zero-order valence-corrected chi connectivity index (χ0v) is 16.4. The maximum Gasteiger partial charge on any atom is 0.326 e. The van der Waals surface area contributed by atoms with Crippen LogP contribution in [0.5, 0.6) is 5.75 Å². The molecule has 2 amide bonds. The van der Waals surface area contributed by atoms with Gasteiger partial charge in [-0.1, -0.05) is 0 Å². The number of aromatic hydroxyl groups is 1. The summed E-state index contributed by atoms with van der Waals surface area (Å²) in [4.78, 5) is 25.9. The minimum Gasteiger partial charge on any atom is -0.506 e. The third-order valence-corrected chi connectivity index (χ3v) is 6.51. The van der Waals surface area contributed by atoms with Gasteiger partial charge < -0.3 is 15.3 Å². The molecule has 1 aromatic carbocycles. The number of hydrogen-bond donors (Lipinski definition) is 3. The summed E-state index contributed by atoms with van der Waals surface area (Å²) in [5.74, 6) is -3.23. The lowest BCUT2D eigenvalue weighted by Gasteiger charge is -2.33. The third kappa shape index (κ3) is 4.04. The number of phenols is 1. The maximum absolute atomic E-state index is 14.5. The Kier molecular flexibility index (Phi) is 5.48. The summed E-state index contributed by atoms with van der Waals surface area (Å²) < 4.78 is 40.4. The third-order valence-electron chi connectivity index (χ3n) is 5.14. The molecule has 154 valence electrons. The molecule has 0 radical (unpaired) electrons. The summed E-state index contributed by atoms with van der Waals surface area (Å²) in [6.07, 6.45) is 3.45. The predicted octanol–water partition coefficient (Wildman–Crippen LogP) is 0.315. The minimum atomic E-state index is -4.27. The number of carbonyl (C=O) groups is 2. The van der Waals surface area contributed by atoms with Gasteiger partial charge in [-0.15, -0.1) is 0 Å². The van der Waals surface area contributed by atoms with Crippen LogP contribution in [0.25, 0.3) is 0 Å². The van der Waals surface area contributed by atoms with Crippen LogP contribution in [0.1, 0.15) is 36.0 Å². The van der Waals surface area contributed by atoms with Gasteiger partial charge in [0.15, 0.2) is 5.82 Å². The zero-order chi connectivity index (χ0) is 20.6. The van der Waals surface area contributed by atoms with Crippen molar-refractivity contribution in [1.82, 2.24) is 14.9 Å². The fraction of sp³-hybridized carbons (Fsp3) is 0.529. The Morgan fingerprint density at radius 3 is 2.43 bits per heavy atom. The lowest BCUT2D eigenvalue weighted by molar-refractivity contribution is -0.117. The fourth-order valence-electron chi connectivity index (χ4n) is 3.61. The number of rotatable bonds is 4. The van der Waals surface area contributed by atoms with E-state index in [1.807, 2.05) is 14.1 Å². The number of halogens is 1. The molecule has 2 fully saturated rings. The van der Waals surface area contributed by atoms with E-state index in [2.05, 4.69) is 10.2 Å². The summed E-state index contributed by atoms with van der Waals surface area (Å²) in [6, 6.07) is 2.27. The maximum atomic E-state index is 14.5.